The Balaban J connectivity index is 2.48. The molecule has 1 amide bonds. The number of benzene rings is 1. The van der Waals surface area contributed by atoms with Gasteiger partial charge in [-0.3, -0.25) is 4.79 Å². The number of hydrogen-bond acceptors (Lipinski definition) is 1. The Labute approximate surface area is 91.7 Å². The monoisotopic (exact) mass is 205 g/mol. The van der Waals surface area contributed by atoms with Crippen molar-refractivity contribution in [3.05, 3.63) is 35.4 Å². The van der Waals surface area contributed by atoms with E-state index in [0.29, 0.717) is 6.42 Å². The van der Waals surface area contributed by atoms with Gasteiger partial charge in [-0.2, -0.15) is 0 Å². The van der Waals surface area contributed by atoms with Crippen molar-refractivity contribution in [2.24, 2.45) is 0 Å². The van der Waals surface area contributed by atoms with Crippen LogP contribution in [-0.4, -0.2) is 11.9 Å². The first kappa shape index (κ1) is 11.8. The number of carbonyl (C=O) groups is 1. The number of rotatable bonds is 4. The van der Waals surface area contributed by atoms with Crippen molar-refractivity contribution in [3.8, 4) is 0 Å². The highest BCUT2D eigenvalue weighted by atomic mass is 16.1. The first-order valence-electron chi connectivity index (χ1n) is 5.46. The Morgan fingerprint density at radius 2 is 1.93 bits per heavy atom. The SMILES string of the molecule is CCC(C)NC(=O)Cc1ccc(C)cc1. The molecule has 0 aromatic heterocycles. The quantitative estimate of drug-likeness (QED) is 0.803. The zero-order valence-electron chi connectivity index (χ0n) is 9.71. The van der Waals surface area contributed by atoms with Crippen molar-refractivity contribution in [2.75, 3.05) is 0 Å². The Morgan fingerprint density at radius 3 is 2.47 bits per heavy atom. The van der Waals surface area contributed by atoms with Crippen molar-refractivity contribution in [3.63, 3.8) is 0 Å². The minimum atomic E-state index is 0.105. The average molecular weight is 205 g/mol. The van der Waals surface area contributed by atoms with Crippen molar-refractivity contribution in [1.82, 2.24) is 5.32 Å². The fourth-order valence-corrected chi connectivity index (χ4v) is 1.32. The zero-order valence-corrected chi connectivity index (χ0v) is 9.71. The van der Waals surface area contributed by atoms with Gasteiger partial charge >= 0.3 is 0 Å². The lowest BCUT2D eigenvalue weighted by Crippen LogP contribution is -2.33. The minimum absolute atomic E-state index is 0.105. The van der Waals surface area contributed by atoms with Crippen LogP contribution in [0.4, 0.5) is 0 Å². The summed E-state index contributed by atoms with van der Waals surface area (Å²) >= 11 is 0. The summed E-state index contributed by atoms with van der Waals surface area (Å²) in [6, 6.07) is 8.34. The fraction of sp³-hybridized carbons (Fsp3) is 0.462. The molecule has 82 valence electrons. The third-order valence-electron chi connectivity index (χ3n) is 2.51. The molecule has 0 radical (unpaired) electrons. The molecule has 0 aliphatic rings. The molecule has 1 unspecified atom stereocenters. The number of nitrogens with one attached hydrogen (secondary N) is 1. The summed E-state index contributed by atoms with van der Waals surface area (Å²) in [5.74, 6) is 0.105. The van der Waals surface area contributed by atoms with E-state index in [4.69, 9.17) is 0 Å². The summed E-state index contributed by atoms with van der Waals surface area (Å²) in [5, 5.41) is 2.95. The van der Waals surface area contributed by atoms with E-state index in [9.17, 15) is 4.79 Å². The molecule has 1 aromatic rings. The summed E-state index contributed by atoms with van der Waals surface area (Å²) < 4.78 is 0. The Hall–Kier alpha value is -1.31. The summed E-state index contributed by atoms with van der Waals surface area (Å²) in [7, 11) is 0. The molecular weight excluding hydrogens is 186 g/mol. The van der Waals surface area contributed by atoms with E-state index in [-0.39, 0.29) is 11.9 Å². The van der Waals surface area contributed by atoms with Gasteiger partial charge < -0.3 is 5.32 Å². The van der Waals surface area contributed by atoms with Gasteiger partial charge in [0.1, 0.15) is 0 Å². The van der Waals surface area contributed by atoms with Gasteiger partial charge in [-0.1, -0.05) is 36.8 Å². The lowest BCUT2D eigenvalue weighted by molar-refractivity contribution is -0.121. The molecule has 0 bridgehead atoms. The van der Waals surface area contributed by atoms with Gasteiger partial charge in [0.05, 0.1) is 6.42 Å². The molecule has 0 aliphatic carbocycles. The first-order chi connectivity index (χ1) is 7.11. The molecule has 2 heteroatoms. The second-order valence-electron chi connectivity index (χ2n) is 4.04. The molecule has 1 rings (SSSR count). The van der Waals surface area contributed by atoms with Crippen LogP contribution in [0.5, 0.6) is 0 Å². The lowest BCUT2D eigenvalue weighted by Gasteiger charge is -2.11. The number of aryl methyl sites for hydroxylation is 1. The van der Waals surface area contributed by atoms with Gasteiger partial charge in [0.2, 0.25) is 5.91 Å². The standard InChI is InChI=1S/C13H19NO/c1-4-11(3)14-13(15)9-12-7-5-10(2)6-8-12/h5-8,11H,4,9H2,1-3H3,(H,14,15). The van der Waals surface area contributed by atoms with Crippen LogP contribution in [0.2, 0.25) is 0 Å². The summed E-state index contributed by atoms with van der Waals surface area (Å²) in [4.78, 5) is 11.6. The fourth-order valence-electron chi connectivity index (χ4n) is 1.32. The predicted molar refractivity (Wildman–Crippen MR) is 62.8 cm³/mol. The molecule has 0 spiro atoms. The van der Waals surface area contributed by atoms with Crippen LogP contribution >= 0.6 is 0 Å². The van der Waals surface area contributed by atoms with Gasteiger partial charge in [-0.05, 0) is 25.8 Å². The van der Waals surface area contributed by atoms with Gasteiger partial charge in [-0.15, -0.1) is 0 Å². The van der Waals surface area contributed by atoms with Crippen molar-refractivity contribution in [1.29, 1.82) is 0 Å². The zero-order chi connectivity index (χ0) is 11.3. The van der Waals surface area contributed by atoms with Crippen LogP contribution in [0, 0.1) is 6.92 Å². The van der Waals surface area contributed by atoms with Gasteiger partial charge in [0.25, 0.3) is 0 Å². The Morgan fingerprint density at radius 1 is 1.33 bits per heavy atom. The van der Waals surface area contributed by atoms with E-state index in [1.807, 2.05) is 38.1 Å². The summed E-state index contributed by atoms with van der Waals surface area (Å²) in [5.41, 5.74) is 2.29. The normalized spacial score (nSPS) is 12.2. The molecule has 1 atom stereocenters. The van der Waals surface area contributed by atoms with Crippen molar-refractivity contribution >= 4 is 5.91 Å². The summed E-state index contributed by atoms with van der Waals surface area (Å²) in [6.07, 6.45) is 1.45. The van der Waals surface area contributed by atoms with Crippen LogP contribution in [0.1, 0.15) is 31.4 Å². The number of carbonyl (C=O) groups excluding carboxylic acids is 1. The third-order valence-corrected chi connectivity index (χ3v) is 2.51. The molecule has 0 heterocycles. The maximum absolute atomic E-state index is 11.6. The Kier molecular flexibility index (Phi) is 4.35. The number of hydrogen-bond donors (Lipinski definition) is 1. The maximum Gasteiger partial charge on any atom is 0.224 e. The van der Waals surface area contributed by atoms with Gasteiger partial charge in [0, 0.05) is 6.04 Å². The van der Waals surface area contributed by atoms with Crippen molar-refractivity contribution < 1.29 is 4.79 Å². The smallest absolute Gasteiger partial charge is 0.224 e. The van der Waals surface area contributed by atoms with Crippen LogP contribution in [0.3, 0.4) is 0 Å². The predicted octanol–water partition coefficient (Wildman–Crippen LogP) is 2.45. The molecule has 0 saturated heterocycles. The van der Waals surface area contributed by atoms with Crippen LogP contribution in [0.25, 0.3) is 0 Å². The third kappa shape index (κ3) is 4.15. The Bertz CT molecular complexity index is 316. The van der Waals surface area contributed by atoms with E-state index < -0.39 is 0 Å². The van der Waals surface area contributed by atoms with Crippen LogP contribution < -0.4 is 5.32 Å². The topological polar surface area (TPSA) is 29.1 Å². The van der Waals surface area contributed by atoms with Gasteiger partial charge in [0.15, 0.2) is 0 Å². The largest absolute Gasteiger partial charge is 0.353 e. The van der Waals surface area contributed by atoms with Gasteiger partial charge in [-0.25, -0.2) is 0 Å². The van der Waals surface area contributed by atoms with E-state index in [1.165, 1.54) is 5.56 Å². The average Bonchev–Trinajstić information content (AvgIpc) is 2.21. The minimum Gasteiger partial charge on any atom is -0.353 e. The first-order valence-corrected chi connectivity index (χ1v) is 5.46. The summed E-state index contributed by atoms with van der Waals surface area (Å²) in [6.45, 7) is 6.13. The van der Waals surface area contributed by atoms with E-state index in [1.54, 1.807) is 0 Å². The van der Waals surface area contributed by atoms with Crippen LogP contribution in [-0.2, 0) is 11.2 Å². The highest BCUT2D eigenvalue weighted by molar-refractivity contribution is 5.78. The highest BCUT2D eigenvalue weighted by Gasteiger charge is 2.05. The lowest BCUT2D eigenvalue weighted by atomic mass is 10.1. The number of amides is 1. The molecule has 1 N–H and O–H groups in total. The van der Waals surface area contributed by atoms with Crippen molar-refractivity contribution in [2.45, 2.75) is 39.7 Å². The second kappa shape index (κ2) is 5.54. The molecule has 15 heavy (non-hydrogen) atoms. The molecule has 0 fully saturated rings. The van der Waals surface area contributed by atoms with E-state index in [2.05, 4.69) is 12.2 Å². The van der Waals surface area contributed by atoms with Crippen LogP contribution in [0.15, 0.2) is 24.3 Å². The molecule has 0 saturated carbocycles. The molecule has 0 aliphatic heterocycles. The maximum atomic E-state index is 11.6. The highest BCUT2D eigenvalue weighted by Crippen LogP contribution is 2.04. The molecular formula is C13H19NO. The molecule has 2 nitrogen and oxygen atoms in total. The molecule has 1 aromatic carbocycles. The second-order valence-corrected chi connectivity index (χ2v) is 4.04. The van der Waals surface area contributed by atoms with E-state index >= 15 is 0 Å². The van der Waals surface area contributed by atoms with E-state index in [0.717, 1.165) is 12.0 Å².